The van der Waals surface area contributed by atoms with Gasteiger partial charge in [0.2, 0.25) is 7.59 Å². The first-order valence-electron chi connectivity index (χ1n) is 19.3. The quantitative estimate of drug-likeness (QED) is 0.0719. The molecule has 0 radical (unpaired) electrons. The lowest BCUT2D eigenvalue weighted by molar-refractivity contribution is -0.636. The Bertz CT molecular complexity index is 2570. The molecule has 4 aromatic carbocycles. The van der Waals surface area contributed by atoms with Crippen molar-refractivity contribution in [3.8, 4) is 0 Å². The minimum atomic E-state index is -6.13. The minimum Gasteiger partial charge on any atom is -0.419 e. The second-order valence-corrected chi connectivity index (χ2v) is 22.7. The molecule has 0 spiro atoms. The highest BCUT2D eigenvalue weighted by Gasteiger charge is 2.47. The van der Waals surface area contributed by atoms with Crippen molar-refractivity contribution in [2.24, 2.45) is 0 Å². The van der Waals surface area contributed by atoms with Gasteiger partial charge in [0.1, 0.15) is 6.15 Å². The van der Waals surface area contributed by atoms with E-state index in [1.165, 1.54) is 0 Å². The summed E-state index contributed by atoms with van der Waals surface area (Å²) in [5.74, 6) is 0.528. The third kappa shape index (κ3) is 14.9. The molecule has 0 saturated carbocycles. The van der Waals surface area contributed by atoms with E-state index in [0.717, 1.165) is 0 Å². The van der Waals surface area contributed by atoms with Crippen LogP contribution in [0.15, 0.2) is 106 Å². The molecule has 0 bridgehead atoms. The maximum absolute atomic E-state index is 14.2. The topological polar surface area (TPSA) is 26.3 Å². The van der Waals surface area contributed by atoms with E-state index in [-0.39, 0.29) is 11.5 Å². The molecule has 2 nitrogen and oxygen atoms in total. The summed E-state index contributed by atoms with van der Waals surface area (Å²) in [5.41, 5.74) is -30.2. The highest BCUT2D eigenvalue weighted by Crippen LogP contribution is 2.43. The highest BCUT2D eigenvalue weighted by molar-refractivity contribution is 7.20. The molecule has 6 aromatic rings. The van der Waals surface area contributed by atoms with Crippen molar-refractivity contribution in [3.63, 3.8) is 0 Å². The van der Waals surface area contributed by atoms with Crippen molar-refractivity contribution in [1.29, 1.82) is 0 Å². The number of furan rings is 2. The molecule has 0 fully saturated rings. The fourth-order valence-corrected chi connectivity index (χ4v) is 9.74. The molecule has 0 unspecified atom stereocenters. The van der Waals surface area contributed by atoms with Crippen LogP contribution >= 0.6 is 69.6 Å². The number of benzene rings is 4. The lowest BCUT2D eigenvalue weighted by Crippen LogP contribution is -3.61. The van der Waals surface area contributed by atoms with Gasteiger partial charge in [-0.2, -0.15) is 127 Å². The summed E-state index contributed by atoms with van der Waals surface area (Å²) in [6, 6.07) is -2.11. The number of hydrogen-bond acceptors (Lipinski definition) is 2. The molecule has 0 aliphatic rings. The number of alkyl halides is 30. The van der Waals surface area contributed by atoms with Crippen LogP contribution in [0.5, 0.6) is 0 Å². The summed E-state index contributed by atoms with van der Waals surface area (Å²) >= 11 is 33.6. The zero-order chi connectivity index (χ0) is 58.2. The smallest absolute Gasteiger partial charge is 0.419 e. The summed E-state index contributed by atoms with van der Waals surface area (Å²) in [6.45, 7) is 0. The van der Waals surface area contributed by atoms with Gasteiger partial charge in [0, 0.05) is 12.1 Å². The molecule has 6 rings (SSSR count). The van der Waals surface area contributed by atoms with Crippen molar-refractivity contribution in [3.05, 3.63) is 161 Å². The third-order valence-corrected chi connectivity index (χ3v) is 13.7. The van der Waals surface area contributed by atoms with E-state index in [0.29, 0.717) is 7.53 Å². The average Bonchev–Trinajstić information content (AvgIpc) is 3.92. The van der Waals surface area contributed by atoms with Crippen LogP contribution < -0.4 is 43.1 Å². The molecule has 0 amide bonds. The maximum Gasteiger partial charge on any atom is 0.442 e. The van der Waals surface area contributed by atoms with Crippen LogP contribution in [0.3, 0.4) is 0 Å². The van der Waals surface area contributed by atoms with Gasteiger partial charge in [0.05, 0.1) is 44.5 Å². The van der Waals surface area contributed by atoms with Gasteiger partial charge in [-0.25, -0.2) is 0 Å². The normalized spacial score (nSPS) is 14.0. The Morgan fingerprint density at radius 1 is 0.276 bits per heavy atom. The van der Waals surface area contributed by atoms with Gasteiger partial charge in [0.15, 0.2) is 11.5 Å². The van der Waals surface area contributed by atoms with Crippen molar-refractivity contribution in [1.82, 2.24) is 0 Å². The lowest BCUT2D eigenvalue weighted by Gasteiger charge is -2.46. The van der Waals surface area contributed by atoms with Crippen molar-refractivity contribution in [2.75, 3.05) is 0 Å². The molecule has 0 aliphatic heterocycles. The van der Waals surface area contributed by atoms with Gasteiger partial charge < -0.3 is 8.83 Å². The van der Waals surface area contributed by atoms with Crippen LogP contribution in [0.1, 0.15) is 56.0 Å². The number of hydrogen-bond donors (Lipinski definition) is 0. The Morgan fingerprint density at radius 3 is 0.579 bits per heavy atom. The molecule has 2 heterocycles. The fraction of sp³-hybridized carbons (Fsp3) is 0.238. The van der Waals surface area contributed by atoms with Crippen molar-refractivity contribution < 1.29 is 135 Å². The van der Waals surface area contributed by atoms with Crippen LogP contribution in [-0.4, -0.2) is 6.15 Å². The maximum atomic E-state index is 14.2. The minimum absolute atomic E-state index is 0.264. The van der Waals surface area contributed by atoms with Crippen LogP contribution in [0.4, 0.5) is 105 Å². The Hall–Kier alpha value is -3.71. The van der Waals surface area contributed by atoms with Crippen LogP contribution in [0.25, 0.3) is 0 Å². The van der Waals surface area contributed by atoms with E-state index < -0.39 is 224 Å². The summed E-state index contributed by atoms with van der Waals surface area (Å²) in [7, 11) is 0. The first-order valence-corrected chi connectivity index (χ1v) is 23.7. The zero-order valence-electron chi connectivity index (χ0n) is 35.3. The molecule has 0 N–H and O–H groups in total. The molecule has 34 heteroatoms. The van der Waals surface area contributed by atoms with Gasteiger partial charge in [-0.3, -0.25) is 0 Å². The largest absolute Gasteiger partial charge is 0.442 e. The molecular weight excluding hydrogens is 1340 g/mol. The Balaban J connectivity index is 0.000000468. The lowest BCUT2D eigenvalue weighted by atomic mass is 9.12. The van der Waals surface area contributed by atoms with Crippen molar-refractivity contribution >= 4 is 97.6 Å². The van der Waals surface area contributed by atoms with E-state index >= 15 is 0 Å². The first kappa shape index (κ1) is 63.1. The predicted molar refractivity (Wildman–Crippen MR) is 223 cm³/mol. The van der Waals surface area contributed by atoms with Gasteiger partial charge in [0.25, 0.3) is 0 Å². The molecule has 0 atom stereocenters. The second kappa shape index (κ2) is 21.1. The van der Waals surface area contributed by atoms with Gasteiger partial charge in [-0.05, 0) is 36.4 Å². The van der Waals surface area contributed by atoms with Gasteiger partial charge in [-0.1, -0.05) is 118 Å². The van der Waals surface area contributed by atoms with Crippen molar-refractivity contribution in [2.45, 2.75) is 57.0 Å². The summed E-state index contributed by atoms with van der Waals surface area (Å²) in [4.78, 5) is 0. The Morgan fingerprint density at radius 2 is 0.447 bits per heavy atom. The molecule has 416 valence electrons. The number of halogens is 31. The SMILES string of the molecule is ClC(Cl)(Cl)c1ccc([I+]c2ccc(C(Cl)(Cl)Cl)o2)o1.FC(F)(F)c1cc([B-](c2cc(C(F)(F)F)cc(C(F)(F)F)c2)(c2cc(C(F)(F)F)cc(C(F)(F)F)c2)c2cc(C(F)(F)F)cc(C(F)(F)F)c2)cc(C(F)(F)F)c1. The van der Waals surface area contributed by atoms with E-state index in [4.69, 9.17) is 78.4 Å². The molecular formula is C42H16BCl6F24IO2. The van der Waals surface area contributed by atoms with Crippen LogP contribution in [0.2, 0.25) is 0 Å². The summed E-state index contributed by atoms with van der Waals surface area (Å²) in [6.07, 6.45) is -54.8. The third-order valence-electron chi connectivity index (χ3n) is 10.3. The van der Waals surface area contributed by atoms with E-state index in [2.05, 4.69) is 0 Å². The van der Waals surface area contributed by atoms with Gasteiger partial charge in [-0.15, -0.1) is 0 Å². The monoisotopic (exact) mass is 1360 g/mol. The number of rotatable bonds is 6. The molecule has 76 heavy (non-hydrogen) atoms. The average molecular weight is 1360 g/mol. The van der Waals surface area contributed by atoms with Gasteiger partial charge >= 0.3 is 78.1 Å². The first-order chi connectivity index (χ1) is 33.9. The highest BCUT2D eigenvalue weighted by atomic mass is 127. The Labute approximate surface area is 448 Å². The molecule has 0 aliphatic carbocycles. The van der Waals surface area contributed by atoms with E-state index in [1.807, 2.05) is 0 Å². The summed E-state index contributed by atoms with van der Waals surface area (Å²) < 4.78 is 350. The Kier molecular flexibility index (Phi) is 17.5. The fourth-order valence-electron chi connectivity index (χ4n) is 7.20. The molecule has 2 aromatic heterocycles. The predicted octanol–water partition coefficient (Wildman–Crippen LogP) is 13.9. The summed E-state index contributed by atoms with van der Waals surface area (Å²) in [5, 5.41) is 0. The molecule has 0 saturated heterocycles. The van der Waals surface area contributed by atoms with E-state index in [9.17, 15) is 105 Å². The van der Waals surface area contributed by atoms with Crippen LogP contribution in [-0.2, 0) is 57.0 Å². The van der Waals surface area contributed by atoms with Crippen LogP contribution in [0, 0.1) is 7.53 Å². The zero-order valence-corrected chi connectivity index (χ0v) is 42.0. The second-order valence-electron chi connectivity index (χ2n) is 15.5. The standard InChI is InChI=1S/C32H12BF24.C10H4Cl6IO2/c34-25(35,36)13-1-14(26(37,38)39)6-21(5-13)33(22-7-15(27(40,41)42)2-16(8-22)28(43,44)45,23-9-17(29(46,47)48)3-18(10-23)30(49,50)51)24-11-19(31(52,53)54)4-20(12-24)32(55,56)57;11-9(12,13)5-1-3-7(18-5)17-8-4-2-6(19-8)10(14,15)16/h1-12H;1-4H/q-1;+1. The van der Waals surface area contributed by atoms with E-state index in [1.54, 1.807) is 24.3 Å².